The number of para-hydroxylation sites is 1. The second-order valence-corrected chi connectivity index (χ2v) is 10.2. The fourth-order valence-electron chi connectivity index (χ4n) is 5.03. The Kier molecular flexibility index (Phi) is 8.08. The van der Waals surface area contributed by atoms with Crippen LogP contribution in [0.2, 0.25) is 5.02 Å². The average Bonchev–Trinajstić information content (AvgIpc) is 2.96. The summed E-state index contributed by atoms with van der Waals surface area (Å²) < 4.78 is 46.7. The van der Waals surface area contributed by atoms with Crippen molar-refractivity contribution in [1.29, 1.82) is 0 Å². The van der Waals surface area contributed by atoms with Gasteiger partial charge in [0.1, 0.15) is 11.6 Å². The highest BCUT2D eigenvalue weighted by atomic mass is 35.5. The molecule has 1 aliphatic rings. The van der Waals surface area contributed by atoms with Crippen LogP contribution in [-0.2, 0) is 19.3 Å². The van der Waals surface area contributed by atoms with Crippen molar-refractivity contribution in [3.8, 4) is 16.9 Å². The summed E-state index contributed by atoms with van der Waals surface area (Å²) in [6, 6.07) is 20.2. The molecule has 10 heteroatoms. The molecule has 0 bridgehead atoms. The Hall–Kier alpha value is -4.24. The Labute approximate surface area is 241 Å². The third-order valence-electron chi connectivity index (χ3n) is 7.03. The van der Waals surface area contributed by atoms with Crippen LogP contribution >= 0.6 is 11.6 Å². The van der Waals surface area contributed by atoms with Crippen LogP contribution < -0.4 is 15.0 Å². The Morgan fingerprint density at radius 2 is 1.83 bits per heavy atom. The fourth-order valence-corrected chi connectivity index (χ4v) is 5.23. The van der Waals surface area contributed by atoms with Crippen molar-refractivity contribution in [1.82, 2.24) is 9.88 Å². The number of carbonyl (C=O) groups is 1. The minimum atomic E-state index is -4.51. The van der Waals surface area contributed by atoms with Gasteiger partial charge >= 0.3 is 6.18 Å². The second-order valence-electron chi connectivity index (χ2n) is 9.76. The number of ether oxygens (including phenoxy) is 1. The van der Waals surface area contributed by atoms with E-state index in [1.54, 1.807) is 37.4 Å². The van der Waals surface area contributed by atoms with Gasteiger partial charge in [-0.15, -0.1) is 0 Å². The van der Waals surface area contributed by atoms with Gasteiger partial charge in [-0.25, -0.2) is 4.98 Å². The van der Waals surface area contributed by atoms with E-state index in [4.69, 9.17) is 16.3 Å². The highest BCUT2D eigenvalue weighted by molar-refractivity contribution is 6.30. The van der Waals surface area contributed by atoms with Crippen molar-refractivity contribution in [3.63, 3.8) is 0 Å². The van der Waals surface area contributed by atoms with Crippen molar-refractivity contribution < 1.29 is 22.7 Å². The Bertz CT molecular complexity index is 1580. The summed E-state index contributed by atoms with van der Waals surface area (Å²) in [6.45, 7) is 1.32. The van der Waals surface area contributed by atoms with Gasteiger partial charge in [0.2, 0.25) is 0 Å². The molecule has 0 radical (unpaired) electrons. The number of rotatable bonds is 7. The van der Waals surface area contributed by atoms with Gasteiger partial charge in [0.05, 0.1) is 18.4 Å². The van der Waals surface area contributed by atoms with Crippen molar-refractivity contribution >= 4 is 29.0 Å². The number of nitrogens with zero attached hydrogens (tertiary/aromatic N) is 3. The normalized spacial score (nSPS) is 12.9. The third kappa shape index (κ3) is 6.10. The zero-order valence-corrected chi connectivity index (χ0v) is 23.3. The summed E-state index contributed by atoms with van der Waals surface area (Å²) in [7, 11) is 3.32. The molecule has 3 aromatic carbocycles. The minimum Gasteiger partial charge on any atom is -0.496 e. The van der Waals surface area contributed by atoms with Gasteiger partial charge in [-0.1, -0.05) is 48.0 Å². The average molecular weight is 581 g/mol. The summed E-state index contributed by atoms with van der Waals surface area (Å²) in [4.78, 5) is 21.7. The zero-order chi connectivity index (χ0) is 29.1. The van der Waals surface area contributed by atoms with Crippen molar-refractivity contribution in [2.24, 2.45) is 0 Å². The minimum absolute atomic E-state index is 0.00254. The highest BCUT2D eigenvalue weighted by Crippen LogP contribution is 2.38. The molecule has 1 aromatic heterocycles. The predicted molar refractivity (Wildman–Crippen MR) is 154 cm³/mol. The monoisotopic (exact) mass is 580 g/mol. The number of fused-ring (bicyclic) bond motifs is 1. The maximum absolute atomic E-state index is 13.8. The van der Waals surface area contributed by atoms with Gasteiger partial charge in [0.15, 0.2) is 0 Å². The SMILES string of the molecule is COc1ccccc1CN(C)C(=O)c1ccccc1-c1cnc2c(c1)N(Cc1cc(Cl)ccc1C(F)(F)F)CCN2. The second kappa shape index (κ2) is 11.7. The summed E-state index contributed by atoms with van der Waals surface area (Å²) in [5.41, 5.74) is 2.71. The standard InChI is InChI=1S/C31H28ClF3N4O2/c1-38(18-20-7-3-6-10-28(20)41-2)30(40)25-9-5-4-8-24(25)21-16-27-29(37-17-21)36-13-14-39(27)19-22-15-23(32)11-12-26(22)31(33,34)35/h3-12,15-17H,13-14,18-19H2,1-2H3,(H,36,37). The molecule has 1 amide bonds. The first-order chi connectivity index (χ1) is 19.7. The summed E-state index contributed by atoms with van der Waals surface area (Å²) in [5.74, 6) is 1.07. The van der Waals surface area contributed by atoms with Gasteiger partial charge < -0.3 is 19.9 Å². The number of nitrogens with one attached hydrogen (secondary N) is 1. The molecular formula is C31H28ClF3N4O2. The van der Waals surface area contributed by atoms with Crippen LogP contribution in [0.25, 0.3) is 11.1 Å². The molecule has 0 unspecified atom stereocenters. The summed E-state index contributed by atoms with van der Waals surface area (Å²) >= 11 is 6.08. The van der Waals surface area contributed by atoms with E-state index in [1.807, 2.05) is 47.4 Å². The lowest BCUT2D eigenvalue weighted by atomic mass is 9.99. The van der Waals surface area contributed by atoms with E-state index in [0.717, 1.165) is 11.6 Å². The fraction of sp³-hybridized carbons (Fsp3) is 0.226. The van der Waals surface area contributed by atoms with E-state index in [-0.39, 0.29) is 23.0 Å². The van der Waals surface area contributed by atoms with Gasteiger partial charge in [-0.2, -0.15) is 13.2 Å². The van der Waals surface area contributed by atoms with Crippen LogP contribution in [0.1, 0.15) is 27.0 Å². The molecule has 6 nitrogen and oxygen atoms in total. The van der Waals surface area contributed by atoms with Crippen LogP contribution in [0.5, 0.6) is 5.75 Å². The van der Waals surface area contributed by atoms with E-state index in [9.17, 15) is 18.0 Å². The Balaban J connectivity index is 1.47. The zero-order valence-electron chi connectivity index (χ0n) is 22.5. The molecule has 212 valence electrons. The first-order valence-corrected chi connectivity index (χ1v) is 13.3. The van der Waals surface area contributed by atoms with E-state index in [2.05, 4.69) is 10.3 Å². The van der Waals surface area contributed by atoms with E-state index >= 15 is 0 Å². The summed E-state index contributed by atoms with van der Waals surface area (Å²) in [5, 5.41) is 3.45. The van der Waals surface area contributed by atoms with Gasteiger partial charge in [0, 0.05) is 61.1 Å². The van der Waals surface area contributed by atoms with Crippen LogP contribution in [0.15, 0.2) is 79.0 Å². The number of methoxy groups -OCH3 is 1. The van der Waals surface area contributed by atoms with Crippen LogP contribution in [0.3, 0.4) is 0 Å². The van der Waals surface area contributed by atoms with E-state index in [1.165, 1.54) is 12.1 Å². The maximum Gasteiger partial charge on any atom is 0.416 e. The molecule has 1 N–H and O–H groups in total. The Morgan fingerprint density at radius 1 is 1.07 bits per heavy atom. The van der Waals surface area contributed by atoms with Crippen LogP contribution in [-0.4, -0.2) is 43.0 Å². The van der Waals surface area contributed by atoms with Gasteiger partial charge in [-0.05, 0) is 47.5 Å². The maximum atomic E-state index is 13.8. The molecule has 5 rings (SSSR count). The predicted octanol–water partition coefficient (Wildman–Crippen LogP) is 7.13. The van der Waals surface area contributed by atoms with Crippen LogP contribution in [0, 0.1) is 0 Å². The molecule has 2 heterocycles. The van der Waals surface area contributed by atoms with E-state index in [0.29, 0.717) is 53.6 Å². The number of hydrogen-bond acceptors (Lipinski definition) is 5. The molecule has 0 saturated heterocycles. The molecule has 0 aliphatic carbocycles. The largest absolute Gasteiger partial charge is 0.496 e. The molecule has 4 aromatic rings. The van der Waals surface area contributed by atoms with Crippen molar-refractivity contribution in [2.45, 2.75) is 19.3 Å². The number of halogens is 4. The molecule has 0 spiro atoms. The quantitative estimate of drug-likeness (QED) is 0.252. The number of carbonyl (C=O) groups excluding carboxylic acids is 1. The first-order valence-electron chi connectivity index (χ1n) is 13.0. The molecule has 1 aliphatic heterocycles. The van der Waals surface area contributed by atoms with Crippen molar-refractivity contribution in [3.05, 3.63) is 106 Å². The number of alkyl halides is 3. The number of pyridine rings is 1. The molecule has 0 saturated carbocycles. The smallest absolute Gasteiger partial charge is 0.416 e. The topological polar surface area (TPSA) is 57.7 Å². The lowest BCUT2D eigenvalue weighted by Crippen LogP contribution is -2.34. The number of anilines is 2. The Morgan fingerprint density at radius 3 is 2.61 bits per heavy atom. The highest BCUT2D eigenvalue weighted by Gasteiger charge is 2.34. The number of aromatic nitrogens is 1. The van der Waals surface area contributed by atoms with Gasteiger partial charge in [-0.3, -0.25) is 4.79 Å². The first kappa shape index (κ1) is 28.3. The van der Waals surface area contributed by atoms with Gasteiger partial charge in [0.25, 0.3) is 5.91 Å². The molecule has 41 heavy (non-hydrogen) atoms. The number of amides is 1. The molecule has 0 atom stereocenters. The number of hydrogen-bond donors (Lipinski definition) is 1. The molecule has 0 fully saturated rings. The third-order valence-corrected chi connectivity index (χ3v) is 7.27. The molecular weight excluding hydrogens is 553 g/mol. The number of benzene rings is 3. The lowest BCUT2D eigenvalue weighted by Gasteiger charge is -2.32. The summed E-state index contributed by atoms with van der Waals surface area (Å²) in [6.07, 6.45) is -2.84. The van der Waals surface area contributed by atoms with Crippen LogP contribution in [0.4, 0.5) is 24.7 Å². The lowest BCUT2D eigenvalue weighted by molar-refractivity contribution is -0.138. The van der Waals surface area contributed by atoms with Crippen molar-refractivity contribution in [2.75, 3.05) is 37.5 Å². The van der Waals surface area contributed by atoms with E-state index < -0.39 is 11.7 Å².